The number of fused-ring (bicyclic) bond motifs is 1. The van der Waals surface area contributed by atoms with E-state index >= 15 is 0 Å². The number of ether oxygens (including phenoxy) is 2. The van der Waals surface area contributed by atoms with Crippen LogP contribution in [0.5, 0.6) is 11.5 Å². The minimum atomic E-state index is -0.762. The maximum atomic E-state index is 10.9. The van der Waals surface area contributed by atoms with Gasteiger partial charge in [-0.2, -0.15) is 0 Å². The predicted molar refractivity (Wildman–Crippen MR) is 88.8 cm³/mol. The van der Waals surface area contributed by atoms with Crippen LogP contribution in [0.15, 0.2) is 18.2 Å². The standard InChI is InChI=1S/C18H27NO4/c1-18(2,3)12(7-8-16(20)21)11-14(19)13-5-4-6-15-17(13)23-10-9-22-15/h4-6,12,14H,7-11,19H2,1-3H3,(H,20,21)/t12?,14-/m1/s1. The van der Waals surface area contributed by atoms with Crippen LogP contribution < -0.4 is 15.2 Å². The van der Waals surface area contributed by atoms with Gasteiger partial charge < -0.3 is 20.3 Å². The Labute approximate surface area is 137 Å². The Morgan fingerprint density at radius 3 is 2.65 bits per heavy atom. The number of nitrogens with two attached hydrogens (primary N) is 1. The van der Waals surface area contributed by atoms with E-state index in [2.05, 4.69) is 20.8 Å². The zero-order valence-electron chi connectivity index (χ0n) is 14.2. The van der Waals surface area contributed by atoms with Crippen molar-refractivity contribution < 1.29 is 19.4 Å². The van der Waals surface area contributed by atoms with E-state index in [-0.39, 0.29) is 23.8 Å². The van der Waals surface area contributed by atoms with E-state index in [1.165, 1.54) is 0 Å². The van der Waals surface area contributed by atoms with E-state index in [0.717, 1.165) is 23.5 Å². The van der Waals surface area contributed by atoms with Gasteiger partial charge in [0.15, 0.2) is 11.5 Å². The molecule has 0 radical (unpaired) electrons. The molecule has 128 valence electrons. The van der Waals surface area contributed by atoms with Crippen molar-refractivity contribution >= 4 is 5.97 Å². The summed E-state index contributed by atoms with van der Waals surface area (Å²) in [5.41, 5.74) is 7.38. The van der Waals surface area contributed by atoms with Crippen LogP contribution in [-0.4, -0.2) is 24.3 Å². The topological polar surface area (TPSA) is 81.8 Å². The summed E-state index contributed by atoms with van der Waals surface area (Å²) < 4.78 is 11.3. The molecule has 1 heterocycles. The molecule has 0 bridgehead atoms. The molecule has 1 aromatic rings. The molecule has 0 aliphatic carbocycles. The molecule has 0 saturated carbocycles. The van der Waals surface area contributed by atoms with Gasteiger partial charge in [0, 0.05) is 18.0 Å². The van der Waals surface area contributed by atoms with Gasteiger partial charge in [-0.05, 0) is 30.2 Å². The molecule has 0 saturated heterocycles. The Bertz CT molecular complexity index is 550. The lowest BCUT2D eigenvalue weighted by atomic mass is 9.74. The van der Waals surface area contributed by atoms with Gasteiger partial charge in [-0.3, -0.25) is 4.79 Å². The van der Waals surface area contributed by atoms with E-state index in [9.17, 15) is 4.79 Å². The van der Waals surface area contributed by atoms with Crippen LogP contribution in [0.2, 0.25) is 0 Å². The smallest absolute Gasteiger partial charge is 0.303 e. The van der Waals surface area contributed by atoms with Crippen LogP contribution in [0.25, 0.3) is 0 Å². The van der Waals surface area contributed by atoms with Crippen molar-refractivity contribution in [3.8, 4) is 11.5 Å². The highest BCUT2D eigenvalue weighted by Crippen LogP contribution is 2.41. The van der Waals surface area contributed by atoms with E-state index < -0.39 is 5.97 Å². The van der Waals surface area contributed by atoms with Crippen molar-refractivity contribution in [3.05, 3.63) is 23.8 Å². The predicted octanol–water partition coefficient (Wildman–Crippen LogP) is 3.37. The number of carbonyl (C=O) groups is 1. The van der Waals surface area contributed by atoms with Crippen molar-refractivity contribution in [1.82, 2.24) is 0 Å². The molecule has 0 amide bonds. The van der Waals surface area contributed by atoms with Gasteiger partial charge in [-0.1, -0.05) is 32.9 Å². The largest absolute Gasteiger partial charge is 0.486 e. The molecule has 1 aromatic carbocycles. The quantitative estimate of drug-likeness (QED) is 0.839. The molecule has 2 atom stereocenters. The third-order valence-electron chi connectivity index (χ3n) is 4.47. The first-order chi connectivity index (χ1) is 10.8. The maximum Gasteiger partial charge on any atom is 0.303 e. The van der Waals surface area contributed by atoms with Gasteiger partial charge in [0.05, 0.1) is 0 Å². The lowest BCUT2D eigenvalue weighted by Crippen LogP contribution is -2.27. The fourth-order valence-electron chi connectivity index (χ4n) is 3.02. The number of carboxylic acids is 1. The molecule has 1 aliphatic rings. The lowest BCUT2D eigenvalue weighted by molar-refractivity contribution is -0.137. The number of rotatable bonds is 6. The molecule has 5 nitrogen and oxygen atoms in total. The van der Waals surface area contributed by atoms with Crippen LogP contribution >= 0.6 is 0 Å². The molecule has 1 unspecified atom stereocenters. The van der Waals surface area contributed by atoms with Gasteiger partial charge in [0.25, 0.3) is 0 Å². The number of aliphatic carboxylic acids is 1. The number of para-hydroxylation sites is 1. The molecule has 23 heavy (non-hydrogen) atoms. The van der Waals surface area contributed by atoms with Gasteiger partial charge in [-0.15, -0.1) is 0 Å². The van der Waals surface area contributed by atoms with Crippen LogP contribution in [0.4, 0.5) is 0 Å². The van der Waals surface area contributed by atoms with Gasteiger partial charge in [0.2, 0.25) is 0 Å². The van der Waals surface area contributed by atoms with Crippen molar-refractivity contribution in [1.29, 1.82) is 0 Å². The zero-order valence-corrected chi connectivity index (χ0v) is 14.2. The zero-order chi connectivity index (χ0) is 17.0. The normalized spacial score (nSPS) is 16.7. The average Bonchev–Trinajstić information content (AvgIpc) is 2.49. The van der Waals surface area contributed by atoms with E-state index in [1.54, 1.807) is 0 Å². The average molecular weight is 321 g/mol. The summed E-state index contributed by atoms with van der Waals surface area (Å²) in [7, 11) is 0. The van der Waals surface area contributed by atoms with E-state index in [1.807, 2.05) is 18.2 Å². The highest BCUT2D eigenvalue weighted by atomic mass is 16.6. The molecule has 0 spiro atoms. The molecule has 3 N–H and O–H groups in total. The first-order valence-corrected chi connectivity index (χ1v) is 8.15. The van der Waals surface area contributed by atoms with E-state index in [4.69, 9.17) is 20.3 Å². The second-order valence-electron chi connectivity index (χ2n) is 7.21. The summed E-state index contributed by atoms with van der Waals surface area (Å²) in [6.45, 7) is 7.47. The van der Waals surface area contributed by atoms with Crippen LogP contribution in [0.1, 0.15) is 51.6 Å². The summed E-state index contributed by atoms with van der Waals surface area (Å²) >= 11 is 0. The van der Waals surface area contributed by atoms with Gasteiger partial charge in [0.1, 0.15) is 13.2 Å². The number of hydrogen-bond donors (Lipinski definition) is 2. The maximum absolute atomic E-state index is 10.9. The van der Waals surface area contributed by atoms with Gasteiger partial charge in [-0.25, -0.2) is 0 Å². The Morgan fingerprint density at radius 2 is 2.00 bits per heavy atom. The molecule has 1 aliphatic heterocycles. The summed E-state index contributed by atoms with van der Waals surface area (Å²) in [6.07, 6.45) is 1.51. The fraction of sp³-hybridized carbons (Fsp3) is 0.611. The molecule has 2 rings (SSSR count). The molecular weight excluding hydrogens is 294 g/mol. The lowest BCUT2D eigenvalue weighted by Gasteiger charge is -2.33. The number of benzene rings is 1. The summed E-state index contributed by atoms with van der Waals surface area (Å²) in [5, 5.41) is 8.97. The third-order valence-corrected chi connectivity index (χ3v) is 4.47. The summed E-state index contributed by atoms with van der Waals surface area (Å²) in [4.78, 5) is 10.9. The highest BCUT2D eigenvalue weighted by Gasteiger charge is 2.29. The Morgan fingerprint density at radius 1 is 1.30 bits per heavy atom. The van der Waals surface area contributed by atoms with E-state index in [0.29, 0.717) is 19.6 Å². The minimum absolute atomic E-state index is 0.000725. The molecule has 0 aromatic heterocycles. The fourth-order valence-corrected chi connectivity index (χ4v) is 3.02. The SMILES string of the molecule is CC(C)(C)C(CCC(=O)O)C[C@@H](N)c1cccc2c1OCCO2. The first kappa shape index (κ1) is 17.6. The number of carboxylic acid groups (broad SMARTS) is 1. The molecular formula is C18H27NO4. The van der Waals surface area contributed by atoms with Crippen LogP contribution in [-0.2, 0) is 4.79 Å². The third kappa shape index (κ3) is 4.61. The van der Waals surface area contributed by atoms with Crippen molar-refractivity contribution in [3.63, 3.8) is 0 Å². The Kier molecular flexibility index (Phi) is 5.52. The molecule has 0 fully saturated rings. The Balaban J connectivity index is 2.15. The number of hydrogen-bond acceptors (Lipinski definition) is 4. The highest BCUT2D eigenvalue weighted by molar-refractivity contribution is 5.66. The Hall–Kier alpha value is -1.75. The molecule has 5 heteroatoms. The van der Waals surface area contributed by atoms with Crippen LogP contribution in [0, 0.1) is 11.3 Å². The second-order valence-corrected chi connectivity index (χ2v) is 7.21. The van der Waals surface area contributed by atoms with Crippen molar-refractivity contribution in [2.24, 2.45) is 17.1 Å². The monoisotopic (exact) mass is 321 g/mol. The first-order valence-electron chi connectivity index (χ1n) is 8.15. The van der Waals surface area contributed by atoms with Crippen LogP contribution in [0.3, 0.4) is 0 Å². The van der Waals surface area contributed by atoms with Gasteiger partial charge >= 0.3 is 5.97 Å². The van der Waals surface area contributed by atoms with Crippen molar-refractivity contribution in [2.75, 3.05) is 13.2 Å². The van der Waals surface area contributed by atoms with Crippen molar-refractivity contribution in [2.45, 2.75) is 46.1 Å². The summed E-state index contributed by atoms with van der Waals surface area (Å²) in [5.74, 6) is 0.926. The minimum Gasteiger partial charge on any atom is -0.486 e. The second kappa shape index (κ2) is 7.21. The summed E-state index contributed by atoms with van der Waals surface area (Å²) in [6, 6.07) is 5.57.